The predicted octanol–water partition coefficient (Wildman–Crippen LogP) is 2.39. The highest BCUT2D eigenvalue weighted by molar-refractivity contribution is 5.45. The predicted molar refractivity (Wildman–Crippen MR) is 91.4 cm³/mol. The summed E-state index contributed by atoms with van der Waals surface area (Å²) < 4.78 is 0. The average molecular weight is 301 g/mol. The first kappa shape index (κ1) is 15.9. The third-order valence-electron chi connectivity index (χ3n) is 3.33. The summed E-state index contributed by atoms with van der Waals surface area (Å²) in [4.78, 5) is 17.6. The van der Waals surface area contributed by atoms with Crippen LogP contribution in [-0.2, 0) is 0 Å². The summed E-state index contributed by atoms with van der Waals surface area (Å²) in [5.41, 5.74) is 7.68. The molecule has 2 rings (SSSR count). The Hall–Kier alpha value is -2.50. The van der Waals surface area contributed by atoms with Gasteiger partial charge in [-0.1, -0.05) is 26.0 Å². The topological polar surface area (TPSA) is 95.8 Å². The molecule has 6 heteroatoms. The van der Waals surface area contributed by atoms with Crippen molar-refractivity contribution >= 4 is 17.5 Å². The third-order valence-corrected chi connectivity index (χ3v) is 3.33. The number of benzene rings is 1. The third kappa shape index (κ3) is 4.80. The molecule has 0 aliphatic carbocycles. The number of rotatable bonds is 7. The molecule has 1 aromatic carbocycles. The molecule has 22 heavy (non-hydrogen) atoms. The Bertz CT molecular complexity index is 648. The van der Waals surface area contributed by atoms with Gasteiger partial charge in [-0.25, -0.2) is 0 Å². The van der Waals surface area contributed by atoms with Gasteiger partial charge in [0.05, 0.1) is 0 Å². The van der Waals surface area contributed by atoms with Gasteiger partial charge in [-0.05, 0) is 30.0 Å². The van der Waals surface area contributed by atoms with Crippen molar-refractivity contribution in [1.29, 1.82) is 0 Å². The van der Waals surface area contributed by atoms with Gasteiger partial charge >= 0.3 is 0 Å². The zero-order chi connectivity index (χ0) is 15.9. The quantitative estimate of drug-likeness (QED) is 0.589. The Morgan fingerprint density at radius 2 is 1.86 bits per heavy atom. The van der Waals surface area contributed by atoms with E-state index in [-0.39, 0.29) is 11.5 Å². The summed E-state index contributed by atoms with van der Waals surface area (Å²) in [6.07, 6.45) is 0.903. The van der Waals surface area contributed by atoms with Gasteiger partial charge in [-0.2, -0.15) is 4.98 Å². The number of anilines is 3. The lowest BCUT2D eigenvalue weighted by Crippen LogP contribution is -2.15. The van der Waals surface area contributed by atoms with Crippen molar-refractivity contribution in [3.63, 3.8) is 0 Å². The number of aromatic amines is 1. The van der Waals surface area contributed by atoms with Crippen LogP contribution in [0.4, 0.5) is 17.5 Å². The Balaban J connectivity index is 1.72. The normalized spacial score (nSPS) is 10.7. The first-order chi connectivity index (χ1) is 10.5. The number of nitrogen functional groups attached to an aromatic ring is 1. The Labute approximate surface area is 130 Å². The smallest absolute Gasteiger partial charge is 0.254 e. The van der Waals surface area contributed by atoms with Gasteiger partial charge in [0.25, 0.3) is 5.56 Å². The van der Waals surface area contributed by atoms with E-state index in [9.17, 15) is 4.79 Å². The van der Waals surface area contributed by atoms with Crippen LogP contribution in [0.3, 0.4) is 0 Å². The van der Waals surface area contributed by atoms with Crippen molar-refractivity contribution in [1.82, 2.24) is 9.97 Å². The van der Waals surface area contributed by atoms with Gasteiger partial charge in [-0.15, -0.1) is 0 Å². The fourth-order valence-electron chi connectivity index (χ4n) is 2.09. The van der Waals surface area contributed by atoms with E-state index in [1.807, 2.05) is 0 Å². The monoisotopic (exact) mass is 301 g/mol. The Morgan fingerprint density at radius 1 is 1.18 bits per heavy atom. The van der Waals surface area contributed by atoms with Crippen LogP contribution in [0.2, 0.25) is 0 Å². The lowest BCUT2D eigenvalue weighted by Gasteiger charge is -2.10. The van der Waals surface area contributed by atoms with E-state index in [0.717, 1.165) is 18.7 Å². The lowest BCUT2D eigenvalue weighted by molar-refractivity contribution is 0.866. The van der Waals surface area contributed by atoms with E-state index in [0.29, 0.717) is 18.3 Å². The van der Waals surface area contributed by atoms with Crippen LogP contribution in [0.15, 0.2) is 35.1 Å². The summed E-state index contributed by atoms with van der Waals surface area (Å²) in [7, 11) is 0. The van der Waals surface area contributed by atoms with Crippen LogP contribution in [0.5, 0.6) is 0 Å². The SMILES string of the molecule is CC(C)c1ccc(NCCCNc2cc(=O)[nH]c(N)n2)cc1. The van der Waals surface area contributed by atoms with Gasteiger partial charge < -0.3 is 16.4 Å². The molecule has 0 atom stereocenters. The Kier molecular flexibility index (Phi) is 5.41. The minimum absolute atomic E-state index is 0.123. The number of H-pyrrole nitrogens is 1. The highest BCUT2D eigenvalue weighted by Gasteiger charge is 1.99. The summed E-state index contributed by atoms with van der Waals surface area (Å²) in [5, 5.41) is 6.45. The minimum Gasteiger partial charge on any atom is -0.385 e. The molecule has 1 heterocycles. The van der Waals surface area contributed by atoms with E-state index < -0.39 is 0 Å². The molecule has 0 aliphatic rings. The molecule has 0 spiro atoms. The standard InChI is InChI=1S/C16H23N5O/c1-11(2)12-4-6-13(7-5-12)18-8-3-9-19-14-10-15(22)21-16(17)20-14/h4-7,10-11,18H,3,8-9H2,1-2H3,(H4,17,19,20,21,22). The van der Waals surface area contributed by atoms with Crippen molar-refractivity contribution in [3.8, 4) is 0 Å². The maximum absolute atomic E-state index is 11.2. The molecule has 0 unspecified atom stereocenters. The van der Waals surface area contributed by atoms with Crippen LogP contribution < -0.4 is 21.9 Å². The molecule has 0 saturated heterocycles. The fraction of sp³-hybridized carbons (Fsp3) is 0.375. The highest BCUT2D eigenvalue weighted by Crippen LogP contribution is 2.16. The number of aromatic nitrogens is 2. The molecule has 5 N–H and O–H groups in total. The molecule has 6 nitrogen and oxygen atoms in total. The molecule has 0 saturated carbocycles. The second-order valence-electron chi connectivity index (χ2n) is 5.50. The number of nitrogens with zero attached hydrogens (tertiary/aromatic N) is 1. The lowest BCUT2D eigenvalue weighted by atomic mass is 10.0. The van der Waals surface area contributed by atoms with Crippen LogP contribution in [0.1, 0.15) is 31.7 Å². The molecule has 0 fully saturated rings. The van der Waals surface area contributed by atoms with E-state index >= 15 is 0 Å². The largest absolute Gasteiger partial charge is 0.385 e. The zero-order valence-electron chi connectivity index (χ0n) is 13.0. The summed E-state index contributed by atoms with van der Waals surface area (Å²) >= 11 is 0. The molecule has 2 aromatic rings. The van der Waals surface area contributed by atoms with Crippen LogP contribution in [-0.4, -0.2) is 23.1 Å². The number of hydrogen-bond donors (Lipinski definition) is 4. The van der Waals surface area contributed by atoms with Crippen LogP contribution in [0.25, 0.3) is 0 Å². The molecular formula is C16H23N5O. The maximum Gasteiger partial charge on any atom is 0.254 e. The number of hydrogen-bond acceptors (Lipinski definition) is 5. The van der Waals surface area contributed by atoms with E-state index in [2.05, 4.69) is 58.7 Å². The number of nitrogens with one attached hydrogen (secondary N) is 3. The van der Waals surface area contributed by atoms with Crippen LogP contribution in [0, 0.1) is 0 Å². The molecule has 0 bridgehead atoms. The van der Waals surface area contributed by atoms with Crippen molar-refractivity contribution in [2.75, 3.05) is 29.5 Å². The first-order valence-corrected chi connectivity index (χ1v) is 7.49. The second-order valence-corrected chi connectivity index (χ2v) is 5.50. The average Bonchev–Trinajstić information content (AvgIpc) is 2.46. The van der Waals surface area contributed by atoms with Crippen molar-refractivity contribution in [2.24, 2.45) is 0 Å². The first-order valence-electron chi connectivity index (χ1n) is 7.49. The molecular weight excluding hydrogens is 278 g/mol. The molecule has 0 aliphatic heterocycles. The second kappa shape index (κ2) is 7.49. The number of nitrogens with two attached hydrogens (primary N) is 1. The summed E-state index contributed by atoms with van der Waals surface area (Å²) in [5.74, 6) is 1.17. The Morgan fingerprint density at radius 3 is 2.50 bits per heavy atom. The molecule has 0 radical (unpaired) electrons. The molecule has 118 valence electrons. The van der Waals surface area contributed by atoms with Gasteiger partial charge in [0.2, 0.25) is 5.95 Å². The van der Waals surface area contributed by atoms with Gasteiger partial charge in [-0.3, -0.25) is 9.78 Å². The zero-order valence-corrected chi connectivity index (χ0v) is 13.0. The summed E-state index contributed by atoms with van der Waals surface area (Å²) in [6.45, 7) is 5.92. The van der Waals surface area contributed by atoms with E-state index in [4.69, 9.17) is 5.73 Å². The van der Waals surface area contributed by atoms with Crippen molar-refractivity contribution in [3.05, 3.63) is 46.2 Å². The van der Waals surface area contributed by atoms with Gasteiger partial charge in [0, 0.05) is 24.8 Å². The van der Waals surface area contributed by atoms with Gasteiger partial charge in [0.1, 0.15) is 5.82 Å². The summed E-state index contributed by atoms with van der Waals surface area (Å²) in [6, 6.07) is 9.89. The molecule has 0 amide bonds. The molecule has 1 aromatic heterocycles. The van der Waals surface area contributed by atoms with Crippen LogP contribution >= 0.6 is 0 Å². The highest BCUT2D eigenvalue weighted by atomic mass is 16.1. The fourth-order valence-corrected chi connectivity index (χ4v) is 2.09. The van der Waals surface area contributed by atoms with Crippen molar-refractivity contribution < 1.29 is 0 Å². The van der Waals surface area contributed by atoms with Crippen molar-refractivity contribution in [2.45, 2.75) is 26.2 Å². The minimum atomic E-state index is -0.252. The maximum atomic E-state index is 11.2. The van der Waals surface area contributed by atoms with Gasteiger partial charge in [0.15, 0.2) is 0 Å². The van der Waals surface area contributed by atoms with E-state index in [1.54, 1.807) is 0 Å². The van der Waals surface area contributed by atoms with E-state index in [1.165, 1.54) is 11.6 Å².